The van der Waals surface area contributed by atoms with Crippen molar-refractivity contribution in [2.75, 3.05) is 19.6 Å². The van der Waals surface area contributed by atoms with Crippen molar-refractivity contribution >= 4 is 6.09 Å². The van der Waals surface area contributed by atoms with Crippen molar-refractivity contribution in [2.24, 2.45) is 5.92 Å². The van der Waals surface area contributed by atoms with Crippen molar-refractivity contribution < 1.29 is 9.53 Å². The second kappa shape index (κ2) is 4.24. The summed E-state index contributed by atoms with van der Waals surface area (Å²) in [5.41, 5.74) is -0.393. The van der Waals surface area contributed by atoms with Crippen LogP contribution in [-0.2, 0) is 4.74 Å². The number of carbonyl (C=O) groups excluding carboxylic acids is 1. The highest BCUT2D eigenvalue weighted by atomic mass is 16.6. The van der Waals surface area contributed by atoms with Crippen LogP contribution >= 0.6 is 0 Å². The van der Waals surface area contributed by atoms with E-state index in [4.69, 9.17) is 4.74 Å². The molecule has 4 heteroatoms. The van der Waals surface area contributed by atoms with Gasteiger partial charge in [-0.2, -0.15) is 0 Å². The highest BCUT2D eigenvalue weighted by molar-refractivity contribution is 5.68. The van der Waals surface area contributed by atoms with Crippen LogP contribution in [0, 0.1) is 5.92 Å². The molecule has 0 aromatic rings. The highest BCUT2D eigenvalue weighted by Crippen LogP contribution is 2.23. The monoisotopic (exact) mass is 226 g/mol. The molecule has 2 heterocycles. The summed E-state index contributed by atoms with van der Waals surface area (Å²) in [5, 5.41) is 3.46. The number of likely N-dealkylation sites (tertiary alicyclic amines) is 1. The van der Waals surface area contributed by atoms with Gasteiger partial charge in [0.05, 0.1) is 0 Å². The summed E-state index contributed by atoms with van der Waals surface area (Å²) >= 11 is 0. The third-order valence-corrected chi connectivity index (χ3v) is 3.21. The zero-order chi connectivity index (χ0) is 11.8. The quantitative estimate of drug-likeness (QED) is 0.682. The molecule has 0 aromatic heterocycles. The average molecular weight is 226 g/mol. The van der Waals surface area contributed by atoms with E-state index < -0.39 is 5.60 Å². The van der Waals surface area contributed by atoms with Gasteiger partial charge in [0.1, 0.15) is 5.60 Å². The van der Waals surface area contributed by atoms with E-state index in [-0.39, 0.29) is 6.09 Å². The van der Waals surface area contributed by atoms with Gasteiger partial charge in [0.2, 0.25) is 0 Å². The molecule has 0 aromatic carbocycles. The van der Waals surface area contributed by atoms with Crippen molar-refractivity contribution in [3.63, 3.8) is 0 Å². The SMILES string of the molecule is CC(C)(C)OC(=O)N1CC[C@@H]2CN[C@@H](C2)C1. The van der Waals surface area contributed by atoms with Gasteiger partial charge in [0.25, 0.3) is 0 Å². The smallest absolute Gasteiger partial charge is 0.410 e. The van der Waals surface area contributed by atoms with Gasteiger partial charge in [-0.3, -0.25) is 0 Å². The largest absolute Gasteiger partial charge is 0.444 e. The van der Waals surface area contributed by atoms with Crippen molar-refractivity contribution in [1.29, 1.82) is 0 Å². The Hall–Kier alpha value is -0.770. The van der Waals surface area contributed by atoms with Crippen LogP contribution in [0.3, 0.4) is 0 Å². The third-order valence-electron chi connectivity index (χ3n) is 3.21. The number of hydrogen-bond acceptors (Lipinski definition) is 3. The molecule has 0 unspecified atom stereocenters. The molecule has 0 radical (unpaired) electrons. The Labute approximate surface area is 97.3 Å². The maximum absolute atomic E-state index is 11.9. The summed E-state index contributed by atoms with van der Waals surface area (Å²) in [6.45, 7) is 8.49. The first-order valence-corrected chi connectivity index (χ1v) is 6.15. The Morgan fingerprint density at radius 3 is 2.88 bits per heavy atom. The molecule has 2 aliphatic rings. The van der Waals surface area contributed by atoms with Crippen LogP contribution < -0.4 is 5.32 Å². The predicted octanol–water partition coefficient (Wildman–Crippen LogP) is 1.61. The minimum Gasteiger partial charge on any atom is -0.444 e. The molecule has 2 aliphatic heterocycles. The number of ether oxygens (including phenoxy) is 1. The van der Waals surface area contributed by atoms with E-state index in [0.29, 0.717) is 6.04 Å². The highest BCUT2D eigenvalue weighted by Gasteiger charge is 2.33. The molecule has 0 aliphatic carbocycles. The molecule has 1 N–H and O–H groups in total. The number of nitrogens with one attached hydrogen (secondary N) is 1. The first-order valence-electron chi connectivity index (χ1n) is 6.15. The fourth-order valence-corrected chi connectivity index (χ4v) is 2.45. The standard InChI is InChI=1S/C12H22N2O2/c1-12(2,3)16-11(15)14-5-4-9-6-10(8-14)13-7-9/h9-10,13H,4-8H2,1-3H3/t9-,10-/m0/s1. The van der Waals surface area contributed by atoms with E-state index in [9.17, 15) is 4.79 Å². The van der Waals surface area contributed by atoms with Gasteiger partial charge in [0, 0.05) is 19.1 Å². The fourth-order valence-electron chi connectivity index (χ4n) is 2.45. The predicted molar refractivity (Wildman–Crippen MR) is 62.3 cm³/mol. The van der Waals surface area contributed by atoms with Crippen molar-refractivity contribution in [3.8, 4) is 0 Å². The number of carbonyl (C=O) groups is 1. The van der Waals surface area contributed by atoms with E-state index in [1.54, 1.807) is 0 Å². The number of fused-ring (bicyclic) bond motifs is 2. The topological polar surface area (TPSA) is 41.6 Å². The van der Waals surface area contributed by atoms with Crippen LogP contribution in [0.5, 0.6) is 0 Å². The maximum atomic E-state index is 11.9. The third kappa shape index (κ3) is 2.88. The summed E-state index contributed by atoms with van der Waals surface area (Å²) in [5.74, 6) is 0.748. The Kier molecular flexibility index (Phi) is 3.10. The second-order valence-corrected chi connectivity index (χ2v) is 5.92. The summed E-state index contributed by atoms with van der Waals surface area (Å²) in [7, 11) is 0. The molecule has 4 nitrogen and oxygen atoms in total. The minimum absolute atomic E-state index is 0.165. The molecule has 92 valence electrons. The van der Waals surface area contributed by atoms with Gasteiger partial charge in [0.15, 0.2) is 0 Å². The molecular formula is C12H22N2O2. The molecule has 0 spiro atoms. The van der Waals surface area contributed by atoms with E-state index in [0.717, 1.165) is 32.0 Å². The number of hydrogen-bond donors (Lipinski definition) is 1. The van der Waals surface area contributed by atoms with Crippen LogP contribution in [0.4, 0.5) is 4.79 Å². The minimum atomic E-state index is -0.393. The van der Waals surface area contributed by atoms with Gasteiger partial charge in [-0.1, -0.05) is 0 Å². The van der Waals surface area contributed by atoms with Crippen molar-refractivity contribution in [1.82, 2.24) is 10.2 Å². The average Bonchev–Trinajstić information content (AvgIpc) is 2.42. The number of rotatable bonds is 0. The fraction of sp³-hybridized carbons (Fsp3) is 0.917. The van der Waals surface area contributed by atoms with E-state index in [1.165, 1.54) is 6.42 Å². The maximum Gasteiger partial charge on any atom is 0.410 e. The Balaban J connectivity index is 1.92. The van der Waals surface area contributed by atoms with Crippen LogP contribution in [0.1, 0.15) is 33.6 Å². The van der Waals surface area contributed by atoms with Crippen molar-refractivity contribution in [2.45, 2.75) is 45.3 Å². The number of nitrogens with zero attached hydrogens (tertiary/aromatic N) is 1. The molecule has 2 fully saturated rings. The van der Waals surface area contributed by atoms with Gasteiger partial charge >= 0.3 is 6.09 Å². The summed E-state index contributed by atoms with van der Waals surface area (Å²) in [6, 6.07) is 0.472. The molecule has 2 saturated heterocycles. The lowest BCUT2D eigenvalue weighted by atomic mass is 10.0. The van der Waals surface area contributed by atoms with E-state index >= 15 is 0 Å². The van der Waals surface area contributed by atoms with Crippen LogP contribution in [0.2, 0.25) is 0 Å². The molecule has 2 bridgehead atoms. The summed E-state index contributed by atoms with van der Waals surface area (Å²) in [4.78, 5) is 13.8. The van der Waals surface area contributed by atoms with Crippen LogP contribution in [0.25, 0.3) is 0 Å². The Bertz CT molecular complexity index is 273. The van der Waals surface area contributed by atoms with Crippen LogP contribution in [0.15, 0.2) is 0 Å². The van der Waals surface area contributed by atoms with E-state index in [1.807, 2.05) is 25.7 Å². The first-order chi connectivity index (χ1) is 7.44. The Morgan fingerprint density at radius 1 is 1.44 bits per heavy atom. The zero-order valence-corrected chi connectivity index (χ0v) is 10.5. The van der Waals surface area contributed by atoms with Crippen LogP contribution in [-0.4, -0.2) is 42.3 Å². The van der Waals surface area contributed by atoms with Gasteiger partial charge < -0.3 is 15.0 Å². The lowest BCUT2D eigenvalue weighted by molar-refractivity contribution is 0.0238. The van der Waals surface area contributed by atoms with E-state index in [2.05, 4.69) is 5.32 Å². The van der Waals surface area contributed by atoms with Crippen molar-refractivity contribution in [3.05, 3.63) is 0 Å². The lowest BCUT2D eigenvalue weighted by Gasteiger charge is -2.28. The second-order valence-electron chi connectivity index (χ2n) is 5.92. The molecule has 16 heavy (non-hydrogen) atoms. The molecule has 2 rings (SSSR count). The van der Waals surface area contributed by atoms with Gasteiger partial charge in [-0.25, -0.2) is 4.79 Å². The normalized spacial score (nSPS) is 30.1. The molecule has 0 saturated carbocycles. The number of amides is 1. The summed E-state index contributed by atoms with van der Waals surface area (Å²) < 4.78 is 5.40. The zero-order valence-electron chi connectivity index (χ0n) is 10.5. The Morgan fingerprint density at radius 2 is 2.19 bits per heavy atom. The van der Waals surface area contributed by atoms with Gasteiger partial charge in [-0.15, -0.1) is 0 Å². The summed E-state index contributed by atoms with van der Waals surface area (Å²) in [6.07, 6.45) is 2.14. The van der Waals surface area contributed by atoms with Gasteiger partial charge in [-0.05, 0) is 46.1 Å². The molecule has 2 atom stereocenters. The molecular weight excluding hydrogens is 204 g/mol. The lowest BCUT2D eigenvalue weighted by Crippen LogP contribution is -2.44. The molecule has 1 amide bonds. The first kappa shape index (κ1) is 11.7.